The molecule has 0 atom stereocenters. The highest BCUT2D eigenvalue weighted by molar-refractivity contribution is 6.01. The number of nitrogens with zero attached hydrogens (tertiary/aromatic N) is 2. The lowest BCUT2D eigenvalue weighted by molar-refractivity contribution is 0.299. The normalized spacial score (nSPS) is 11.5. The Kier molecular flexibility index (Phi) is 7.31. The van der Waals surface area contributed by atoms with Gasteiger partial charge in [0.2, 0.25) is 0 Å². The number of oxime groups is 1. The first-order valence-corrected chi connectivity index (χ1v) is 8.22. The summed E-state index contributed by atoms with van der Waals surface area (Å²) in [5.74, 6) is -0.182. The van der Waals surface area contributed by atoms with E-state index in [0.717, 1.165) is 17.7 Å². The molecule has 0 aliphatic heterocycles. The van der Waals surface area contributed by atoms with Crippen molar-refractivity contribution in [1.29, 1.82) is 0 Å². The standard InChI is InChI=1S/C20H22F2N2O3/c1-4-9-24(12-14-5-7-16(26-2)11-20(14)27-3)13-19(23-25)17-8-6-15(21)10-18(17)22/h4-8,10-11,25H,1,9,12-13H2,2-3H3/b23-19-. The summed E-state index contributed by atoms with van der Waals surface area (Å²) in [4.78, 5) is 1.88. The summed E-state index contributed by atoms with van der Waals surface area (Å²) in [6, 6.07) is 8.56. The molecule has 2 aromatic carbocycles. The maximum atomic E-state index is 14.0. The van der Waals surface area contributed by atoms with Gasteiger partial charge in [-0.25, -0.2) is 8.78 Å². The van der Waals surface area contributed by atoms with Gasteiger partial charge in [-0.3, -0.25) is 4.90 Å². The molecule has 1 N–H and O–H groups in total. The van der Waals surface area contributed by atoms with Crippen molar-refractivity contribution in [2.45, 2.75) is 6.54 Å². The van der Waals surface area contributed by atoms with Gasteiger partial charge in [-0.05, 0) is 18.2 Å². The van der Waals surface area contributed by atoms with Crippen molar-refractivity contribution in [3.63, 3.8) is 0 Å². The molecule has 144 valence electrons. The van der Waals surface area contributed by atoms with Gasteiger partial charge in [-0.2, -0.15) is 0 Å². The Morgan fingerprint density at radius 2 is 1.96 bits per heavy atom. The van der Waals surface area contributed by atoms with E-state index in [1.165, 1.54) is 6.07 Å². The zero-order chi connectivity index (χ0) is 19.8. The molecule has 7 heteroatoms. The largest absolute Gasteiger partial charge is 0.497 e. The lowest BCUT2D eigenvalue weighted by Crippen LogP contribution is -2.31. The minimum absolute atomic E-state index is 0.0367. The molecule has 0 saturated heterocycles. The van der Waals surface area contributed by atoms with Gasteiger partial charge in [-0.15, -0.1) is 6.58 Å². The van der Waals surface area contributed by atoms with Crippen molar-refractivity contribution in [3.8, 4) is 11.5 Å². The van der Waals surface area contributed by atoms with Crippen molar-refractivity contribution < 1.29 is 23.5 Å². The van der Waals surface area contributed by atoms with Crippen LogP contribution in [0.3, 0.4) is 0 Å². The monoisotopic (exact) mass is 376 g/mol. The van der Waals surface area contributed by atoms with Crippen LogP contribution in [0.4, 0.5) is 8.78 Å². The topological polar surface area (TPSA) is 54.3 Å². The van der Waals surface area contributed by atoms with E-state index >= 15 is 0 Å². The van der Waals surface area contributed by atoms with Gasteiger partial charge in [0.15, 0.2) is 0 Å². The molecule has 0 amide bonds. The first-order chi connectivity index (χ1) is 13.0. The second-order valence-electron chi connectivity index (χ2n) is 5.81. The average Bonchev–Trinajstić information content (AvgIpc) is 2.67. The van der Waals surface area contributed by atoms with Crippen LogP contribution in [0, 0.1) is 11.6 Å². The number of methoxy groups -OCH3 is 2. The molecule has 0 unspecified atom stereocenters. The highest BCUT2D eigenvalue weighted by Gasteiger charge is 2.17. The molecule has 0 aliphatic carbocycles. The minimum atomic E-state index is -0.789. The van der Waals surface area contributed by atoms with Gasteiger partial charge in [0.05, 0.1) is 14.2 Å². The molecule has 0 aliphatic rings. The van der Waals surface area contributed by atoms with Crippen LogP contribution in [0.25, 0.3) is 0 Å². The third-order valence-corrected chi connectivity index (χ3v) is 4.01. The van der Waals surface area contributed by atoms with E-state index in [4.69, 9.17) is 9.47 Å². The van der Waals surface area contributed by atoms with Crippen LogP contribution in [-0.4, -0.2) is 43.1 Å². The molecule has 2 rings (SSSR count). The molecule has 0 aromatic heterocycles. The van der Waals surface area contributed by atoms with E-state index in [9.17, 15) is 14.0 Å². The molecule has 0 bridgehead atoms. The SMILES string of the molecule is C=CCN(C/C(=N/O)c1ccc(F)cc1F)Cc1ccc(OC)cc1OC. The fourth-order valence-corrected chi connectivity index (χ4v) is 2.70. The summed E-state index contributed by atoms with van der Waals surface area (Å²) in [5.41, 5.74) is 0.994. The predicted molar refractivity (Wildman–Crippen MR) is 99.7 cm³/mol. The minimum Gasteiger partial charge on any atom is -0.497 e. The summed E-state index contributed by atoms with van der Waals surface area (Å²) in [5, 5.41) is 12.6. The summed E-state index contributed by atoms with van der Waals surface area (Å²) >= 11 is 0. The van der Waals surface area contributed by atoms with Gasteiger partial charge in [0, 0.05) is 42.9 Å². The Morgan fingerprint density at radius 3 is 2.56 bits per heavy atom. The number of benzene rings is 2. The molecular weight excluding hydrogens is 354 g/mol. The molecule has 0 spiro atoms. The molecule has 5 nitrogen and oxygen atoms in total. The summed E-state index contributed by atoms with van der Waals surface area (Å²) in [6.45, 7) is 4.74. The second kappa shape index (κ2) is 9.68. The molecule has 0 fully saturated rings. The Balaban J connectivity index is 2.25. The highest BCUT2D eigenvalue weighted by atomic mass is 19.1. The molecule has 0 heterocycles. The molecule has 27 heavy (non-hydrogen) atoms. The van der Waals surface area contributed by atoms with Crippen molar-refractivity contribution in [3.05, 3.63) is 71.8 Å². The smallest absolute Gasteiger partial charge is 0.135 e. The first-order valence-electron chi connectivity index (χ1n) is 8.22. The summed E-state index contributed by atoms with van der Waals surface area (Å²) in [6.07, 6.45) is 1.69. The second-order valence-corrected chi connectivity index (χ2v) is 5.81. The van der Waals surface area contributed by atoms with Crippen LogP contribution in [0.5, 0.6) is 11.5 Å². The maximum absolute atomic E-state index is 14.0. The van der Waals surface area contributed by atoms with E-state index in [1.807, 2.05) is 17.0 Å². The van der Waals surface area contributed by atoms with Gasteiger partial charge >= 0.3 is 0 Å². The predicted octanol–water partition coefficient (Wildman–Crippen LogP) is 3.85. The van der Waals surface area contributed by atoms with Gasteiger partial charge in [-0.1, -0.05) is 17.3 Å². The van der Waals surface area contributed by atoms with Crippen LogP contribution in [0.1, 0.15) is 11.1 Å². The van der Waals surface area contributed by atoms with Crippen LogP contribution >= 0.6 is 0 Å². The fraction of sp³-hybridized carbons (Fsp3) is 0.250. The maximum Gasteiger partial charge on any atom is 0.135 e. The van der Waals surface area contributed by atoms with Crippen molar-refractivity contribution in [2.24, 2.45) is 5.16 Å². The van der Waals surface area contributed by atoms with E-state index in [0.29, 0.717) is 24.6 Å². The van der Waals surface area contributed by atoms with E-state index in [1.54, 1.807) is 26.4 Å². The first kappa shape index (κ1) is 20.4. The van der Waals surface area contributed by atoms with E-state index in [2.05, 4.69) is 11.7 Å². The fourth-order valence-electron chi connectivity index (χ4n) is 2.70. The molecule has 0 radical (unpaired) electrons. The highest BCUT2D eigenvalue weighted by Crippen LogP contribution is 2.26. The van der Waals surface area contributed by atoms with Crippen molar-refractivity contribution >= 4 is 5.71 Å². The van der Waals surface area contributed by atoms with E-state index < -0.39 is 11.6 Å². The molecule has 0 saturated carbocycles. The third-order valence-electron chi connectivity index (χ3n) is 4.01. The van der Waals surface area contributed by atoms with Crippen molar-refractivity contribution in [2.75, 3.05) is 27.3 Å². The van der Waals surface area contributed by atoms with Crippen LogP contribution < -0.4 is 9.47 Å². The van der Waals surface area contributed by atoms with Crippen LogP contribution in [0.15, 0.2) is 54.2 Å². The Hall–Kier alpha value is -2.93. The van der Waals surface area contributed by atoms with Crippen LogP contribution in [-0.2, 0) is 6.54 Å². The van der Waals surface area contributed by atoms with Gasteiger partial charge in [0.1, 0.15) is 28.8 Å². The van der Waals surface area contributed by atoms with E-state index in [-0.39, 0.29) is 17.8 Å². The Labute approximate surface area is 157 Å². The zero-order valence-corrected chi connectivity index (χ0v) is 15.3. The lowest BCUT2D eigenvalue weighted by atomic mass is 10.1. The number of hydrogen-bond acceptors (Lipinski definition) is 5. The Morgan fingerprint density at radius 1 is 1.19 bits per heavy atom. The number of hydrogen-bond donors (Lipinski definition) is 1. The number of ether oxygens (including phenoxy) is 2. The summed E-state index contributed by atoms with van der Waals surface area (Å²) in [7, 11) is 3.13. The van der Waals surface area contributed by atoms with Crippen molar-refractivity contribution in [1.82, 2.24) is 4.90 Å². The average molecular weight is 376 g/mol. The third kappa shape index (κ3) is 5.27. The van der Waals surface area contributed by atoms with Gasteiger partial charge in [0.25, 0.3) is 0 Å². The molecule has 2 aromatic rings. The quantitative estimate of drug-likeness (QED) is 0.313. The molecular formula is C20H22F2N2O3. The lowest BCUT2D eigenvalue weighted by Gasteiger charge is -2.22. The number of rotatable bonds is 9. The van der Waals surface area contributed by atoms with Crippen LogP contribution in [0.2, 0.25) is 0 Å². The van der Waals surface area contributed by atoms with Gasteiger partial charge < -0.3 is 14.7 Å². The number of halogens is 2. The Bertz CT molecular complexity index is 825. The summed E-state index contributed by atoms with van der Waals surface area (Å²) < 4.78 is 37.8. The zero-order valence-electron chi connectivity index (χ0n) is 15.3.